The van der Waals surface area contributed by atoms with Gasteiger partial charge >= 0.3 is 0 Å². The third-order valence-electron chi connectivity index (χ3n) is 2.80. The average Bonchev–Trinajstić information content (AvgIpc) is 2.66. The number of aromatic nitrogens is 3. The summed E-state index contributed by atoms with van der Waals surface area (Å²) in [5, 5.41) is 4.14. The zero-order valence-electron chi connectivity index (χ0n) is 10.9. The van der Waals surface area contributed by atoms with Crippen molar-refractivity contribution in [1.82, 2.24) is 14.8 Å². The predicted octanol–water partition coefficient (Wildman–Crippen LogP) is 1.03. The van der Waals surface area contributed by atoms with E-state index in [1.54, 1.807) is 0 Å². The van der Waals surface area contributed by atoms with Crippen LogP contribution in [0, 0.1) is 11.8 Å². The summed E-state index contributed by atoms with van der Waals surface area (Å²) in [4.78, 5) is 16.1. The topological polar surface area (TPSA) is 73.8 Å². The zero-order chi connectivity index (χ0) is 12.8. The Bertz CT molecular complexity index is 355. The Hall–Kier alpha value is -1.23. The van der Waals surface area contributed by atoms with E-state index in [-0.39, 0.29) is 11.7 Å². The lowest BCUT2D eigenvalue weighted by Crippen LogP contribution is -2.26. The van der Waals surface area contributed by atoms with Gasteiger partial charge in [0.2, 0.25) is 0 Å². The van der Waals surface area contributed by atoms with Crippen molar-refractivity contribution in [2.24, 2.45) is 17.6 Å². The SMILES string of the molecule is CCC(CN)C(=O)Cc1ncnn1CC(C)C. The van der Waals surface area contributed by atoms with Gasteiger partial charge in [-0.2, -0.15) is 5.10 Å². The maximum absolute atomic E-state index is 11.9. The van der Waals surface area contributed by atoms with Crippen molar-refractivity contribution in [2.45, 2.75) is 40.2 Å². The molecule has 0 fully saturated rings. The van der Waals surface area contributed by atoms with Crippen LogP contribution < -0.4 is 5.73 Å². The van der Waals surface area contributed by atoms with Gasteiger partial charge < -0.3 is 5.73 Å². The van der Waals surface area contributed by atoms with Crippen molar-refractivity contribution < 1.29 is 4.79 Å². The zero-order valence-corrected chi connectivity index (χ0v) is 10.9. The number of nitrogens with two attached hydrogens (primary N) is 1. The largest absolute Gasteiger partial charge is 0.330 e. The van der Waals surface area contributed by atoms with Crippen LogP contribution in [0.5, 0.6) is 0 Å². The van der Waals surface area contributed by atoms with E-state index in [0.29, 0.717) is 18.9 Å². The minimum Gasteiger partial charge on any atom is -0.330 e. The second-order valence-electron chi connectivity index (χ2n) is 4.74. The molecular weight excluding hydrogens is 216 g/mol. The molecule has 96 valence electrons. The second kappa shape index (κ2) is 6.49. The maximum Gasteiger partial charge on any atom is 0.144 e. The summed E-state index contributed by atoms with van der Waals surface area (Å²) in [7, 11) is 0. The van der Waals surface area contributed by atoms with Crippen molar-refractivity contribution >= 4 is 5.78 Å². The lowest BCUT2D eigenvalue weighted by Gasteiger charge is -2.12. The fraction of sp³-hybridized carbons (Fsp3) is 0.750. The highest BCUT2D eigenvalue weighted by Crippen LogP contribution is 2.08. The molecule has 1 unspecified atom stereocenters. The molecule has 0 saturated heterocycles. The van der Waals surface area contributed by atoms with E-state index in [9.17, 15) is 4.79 Å². The van der Waals surface area contributed by atoms with Crippen LogP contribution in [0.25, 0.3) is 0 Å². The highest BCUT2D eigenvalue weighted by Gasteiger charge is 2.18. The Morgan fingerprint density at radius 1 is 1.53 bits per heavy atom. The molecule has 0 aliphatic rings. The third kappa shape index (κ3) is 3.93. The van der Waals surface area contributed by atoms with Crippen LogP contribution in [-0.4, -0.2) is 27.1 Å². The van der Waals surface area contributed by atoms with Gasteiger partial charge in [0.15, 0.2) is 0 Å². The van der Waals surface area contributed by atoms with Gasteiger partial charge in [0.05, 0.1) is 6.42 Å². The van der Waals surface area contributed by atoms with Crippen LogP contribution >= 0.6 is 0 Å². The molecule has 1 heterocycles. The molecular formula is C12H22N4O. The van der Waals surface area contributed by atoms with E-state index in [0.717, 1.165) is 18.8 Å². The minimum atomic E-state index is -0.0563. The Labute approximate surface area is 102 Å². The first-order chi connectivity index (χ1) is 8.08. The Morgan fingerprint density at radius 2 is 2.24 bits per heavy atom. The molecule has 5 nitrogen and oxygen atoms in total. The average molecular weight is 238 g/mol. The summed E-state index contributed by atoms with van der Waals surface area (Å²) in [6.45, 7) is 7.41. The van der Waals surface area contributed by atoms with Gasteiger partial charge in [0.1, 0.15) is 17.9 Å². The van der Waals surface area contributed by atoms with E-state index in [4.69, 9.17) is 5.73 Å². The monoisotopic (exact) mass is 238 g/mol. The summed E-state index contributed by atoms with van der Waals surface area (Å²) in [5.41, 5.74) is 5.57. The molecule has 1 atom stereocenters. The first kappa shape index (κ1) is 13.8. The first-order valence-electron chi connectivity index (χ1n) is 6.17. The number of carbonyl (C=O) groups excluding carboxylic acids is 1. The van der Waals surface area contributed by atoms with Crippen molar-refractivity contribution in [1.29, 1.82) is 0 Å². The molecule has 1 rings (SSSR count). The summed E-state index contributed by atoms with van der Waals surface area (Å²) >= 11 is 0. The van der Waals surface area contributed by atoms with Crippen molar-refractivity contribution in [3.05, 3.63) is 12.2 Å². The lowest BCUT2D eigenvalue weighted by atomic mass is 9.99. The number of rotatable bonds is 7. The van der Waals surface area contributed by atoms with E-state index >= 15 is 0 Å². The van der Waals surface area contributed by atoms with Crippen molar-refractivity contribution in [3.63, 3.8) is 0 Å². The molecule has 0 spiro atoms. The molecule has 1 aromatic rings. The highest BCUT2D eigenvalue weighted by atomic mass is 16.1. The number of hydrogen-bond donors (Lipinski definition) is 1. The summed E-state index contributed by atoms with van der Waals surface area (Å²) < 4.78 is 1.81. The molecule has 0 saturated carbocycles. The number of nitrogens with zero attached hydrogens (tertiary/aromatic N) is 3. The van der Waals surface area contributed by atoms with Gasteiger partial charge in [-0.1, -0.05) is 20.8 Å². The van der Waals surface area contributed by atoms with Crippen LogP contribution in [-0.2, 0) is 17.8 Å². The van der Waals surface area contributed by atoms with E-state index in [1.807, 2.05) is 11.6 Å². The molecule has 0 aliphatic carbocycles. The molecule has 0 radical (unpaired) electrons. The molecule has 0 bridgehead atoms. The summed E-state index contributed by atoms with van der Waals surface area (Å²) in [6.07, 6.45) is 2.63. The Kier molecular flexibility index (Phi) is 5.28. The van der Waals surface area contributed by atoms with E-state index < -0.39 is 0 Å². The standard InChI is InChI=1S/C12H22N4O/c1-4-10(6-13)11(17)5-12-14-8-15-16(12)7-9(2)3/h8-10H,4-7,13H2,1-3H3. The molecule has 1 aromatic heterocycles. The van der Waals surface area contributed by atoms with Gasteiger partial charge in [-0.05, 0) is 12.3 Å². The molecule has 5 heteroatoms. The quantitative estimate of drug-likeness (QED) is 0.770. The fourth-order valence-corrected chi connectivity index (χ4v) is 1.75. The van der Waals surface area contributed by atoms with Gasteiger partial charge in [-0.15, -0.1) is 0 Å². The van der Waals surface area contributed by atoms with E-state index in [1.165, 1.54) is 6.33 Å². The molecule has 2 N–H and O–H groups in total. The van der Waals surface area contributed by atoms with Gasteiger partial charge in [0, 0.05) is 19.0 Å². The Balaban J connectivity index is 2.68. The maximum atomic E-state index is 11.9. The second-order valence-corrected chi connectivity index (χ2v) is 4.74. The number of hydrogen-bond acceptors (Lipinski definition) is 4. The van der Waals surface area contributed by atoms with Crippen LogP contribution in [0.2, 0.25) is 0 Å². The van der Waals surface area contributed by atoms with Crippen molar-refractivity contribution in [2.75, 3.05) is 6.54 Å². The minimum absolute atomic E-state index is 0.0563. The molecule has 17 heavy (non-hydrogen) atoms. The molecule has 0 aromatic carbocycles. The summed E-state index contributed by atoms with van der Waals surface area (Å²) in [6, 6.07) is 0. The van der Waals surface area contributed by atoms with Gasteiger partial charge in [-0.3, -0.25) is 4.79 Å². The lowest BCUT2D eigenvalue weighted by molar-refractivity contribution is -0.122. The number of carbonyl (C=O) groups is 1. The van der Waals surface area contributed by atoms with Crippen LogP contribution in [0.1, 0.15) is 33.0 Å². The highest BCUT2D eigenvalue weighted by molar-refractivity contribution is 5.82. The fourth-order valence-electron chi connectivity index (χ4n) is 1.75. The van der Waals surface area contributed by atoms with E-state index in [2.05, 4.69) is 23.9 Å². The van der Waals surface area contributed by atoms with Crippen LogP contribution in [0.4, 0.5) is 0 Å². The smallest absolute Gasteiger partial charge is 0.144 e. The first-order valence-corrected chi connectivity index (χ1v) is 6.17. The van der Waals surface area contributed by atoms with Crippen molar-refractivity contribution in [3.8, 4) is 0 Å². The third-order valence-corrected chi connectivity index (χ3v) is 2.80. The van der Waals surface area contributed by atoms with Crippen LogP contribution in [0.15, 0.2) is 6.33 Å². The molecule has 0 aliphatic heterocycles. The van der Waals surface area contributed by atoms with Crippen LogP contribution in [0.3, 0.4) is 0 Å². The normalized spacial score (nSPS) is 13.0. The summed E-state index contributed by atoms with van der Waals surface area (Å²) in [5.74, 6) is 1.34. The van der Waals surface area contributed by atoms with Gasteiger partial charge in [0.25, 0.3) is 0 Å². The number of ketones is 1. The Morgan fingerprint density at radius 3 is 2.76 bits per heavy atom. The number of Topliss-reactive ketones (excluding diaryl/α,β-unsaturated/α-hetero) is 1. The molecule has 0 amide bonds. The predicted molar refractivity (Wildman–Crippen MR) is 66.4 cm³/mol. The van der Waals surface area contributed by atoms with Gasteiger partial charge in [-0.25, -0.2) is 9.67 Å².